The van der Waals surface area contributed by atoms with Gasteiger partial charge in [0.15, 0.2) is 0 Å². The summed E-state index contributed by atoms with van der Waals surface area (Å²) in [5.41, 5.74) is 1.42. The van der Waals surface area contributed by atoms with E-state index < -0.39 is 20.7 Å². The fraction of sp³-hybridized carbons (Fsp3) is 0.429. The van der Waals surface area contributed by atoms with E-state index in [1.165, 1.54) is 0 Å². The standard InChI is InChI=1S/C14H21NO2S/c1-5-8-14(9-11(2)3)10-12(4)6-7-13(14)18(15,16)17/h5-7,10,13H,1-2,8-9H2,3-4H3,(H2,15,16,17). The third kappa shape index (κ3) is 3.21. The van der Waals surface area contributed by atoms with E-state index in [0.717, 1.165) is 11.1 Å². The maximum absolute atomic E-state index is 11.8. The molecule has 0 fully saturated rings. The third-order valence-corrected chi connectivity index (χ3v) is 4.46. The van der Waals surface area contributed by atoms with Gasteiger partial charge < -0.3 is 0 Å². The molecule has 0 aromatic rings. The molecule has 0 radical (unpaired) electrons. The van der Waals surface area contributed by atoms with Crippen molar-refractivity contribution in [3.63, 3.8) is 0 Å². The highest BCUT2D eigenvalue weighted by atomic mass is 32.2. The lowest BCUT2D eigenvalue weighted by Gasteiger charge is -2.38. The molecule has 0 spiro atoms. The summed E-state index contributed by atoms with van der Waals surface area (Å²) in [5.74, 6) is 0. The second-order valence-corrected chi connectivity index (χ2v) is 6.80. The van der Waals surface area contributed by atoms with Crippen LogP contribution < -0.4 is 5.14 Å². The summed E-state index contributed by atoms with van der Waals surface area (Å²) in [6.07, 6.45) is 8.35. The summed E-state index contributed by atoms with van der Waals surface area (Å²) < 4.78 is 23.6. The van der Waals surface area contributed by atoms with Crippen molar-refractivity contribution in [2.45, 2.75) is 31.9 Å². The molecule has 18 heavy (non-hydrogen) atoms. The number of allylic oxidation sites excluding steroid dienone is 5. The number of hydrogen-bond acceptors (Lipinski definition) is 2. The smallest absolute Gasteiger partial charge is 0.216 e. The van der Waals surface area contributed by atoms with Crippen molar-refractivity contribution >= 4 is 10.0 Å². The van der Waals surface area contributed by atoms with Gasteiger partial charge in [-0.15, -0.1) is 13.2 Å². The summed E-state index contributed by atoms with van der Waals surface area (Å²) in [6, 6.07) is 0. The zero-order chi connectivity index (χ0) is 14.0. The van der Waals surface area contributed by atoms with Crippen LogP contribution in [0.4, 0.5) is 0 Å². The molecule has 2 unspecified atom stereocenters. The Kier molecular flexibility index (Phi) is 4.35. The Bertz CT molecular complexity index is 514. The lowest BCUT2D eigenvalue weighted by atomic mass is 9.72. The van der Waals surface area contributed by atoms with Crippen LogP contribution in [0.15, 0.2) is 48.6 Å². The average Bonchev–Trinajstić information content (AvgIpc) is 2.13. The van der Waals surface area contributed by atoms with Gasteiger partial charge in [-0.1, -0.05) is 35.5 Å². The Morgan fingerprint density at radius 3 is 2.67 bits per heavy atom. The summed E-state index contributed by atoms with van der Waals surface area (Å²) in [4.78, 5) is 0. The first-order valence-electron chi connectivity index (χ1n) is 5.86. The van der Waals surface area contributed by atoms with Crippen molar-refractivity contribution in [1.82, 2.24) is 0 Å². The number of sulfonamides is 1. The molecule has 2 N–H and O–H groups in total. The number of primary sulfonamides is 1. The van der Waals surface area contributed by atoms with E-state index in [2.05, 4.69) is 13.2 Å². The zero-order valence-electron chi connectivity index (χ0n) is 11.0. The molecule has 1 aliphatic carbocycles. The number of nitrogens with two attached hydrogens (primary N) is 1. The third-order valence-electron chi connectivity index (χ3n) is 3.12. The van der Waals surface area contributed by atoms with E-state index in [1.807, 2.05) is 19.9 Å². The molecule has 0 aliphatic heterocycles. The van der Waals surface area contributed by atoms with Crippen LogP contribution in [0.5, 0.6) is 0 Å². The van der Waals surface area contributed by atoms with Crippen molar-refractivity contribution in [3.8, 4) is 0 Å². The second kappa shape index (κ2) is 5.24. The number of hydrogen-bond donors (Lipinski definition) is 1. The topological polar surface area (TPSA) is 60.2 Å². The molecule has 0 saturated carbocycles. The SMILES string of the molecule is C=CCC1(CC(=C)C)C=C(C)C=CC1S(N)(=O)=O. The largest absolute Gasteiger partial charge is 0.228 e. The van der Waals surface area contributed by atoms with Crippen molar-refractivity contribution in [2.24, 2.45) is 10.6 Å². The molecule has 0 aromatic heterocycles. The summed E-state index contributed by atoms with van der Waals surface area (Å²) in [7, 11) is -3.64. The average molecular weight is 267 g/mol. The minimum atomic E-state index is -3.64. The van der Waals surface area contributed by atoms with Gasteiger partial charge in [0, 0.05) is 5.41 Å². The van der Waals surface area contributed by atoms with E-state index in [0.29, 0.717) is 12.8 Å². The minimum absolute atomic E-state index is 0.556. The fourth-order valence-corrected chi connectivity index (χ4v) is 3.88. The van der Waals surface area contributed by atoms with Gasteiger partial charge in [-0.3, -0.25) is 0 Å². The van der Waals surface area contributed by atoms with Gasteiger partial charge in [-0.2, -0.15) is 0 Å². The first-order chi connectivity index (χ1) is 8.21. The molecule has 0 heterocycles. The maximum Gasteiger partial charge on any atom is 0.216 e. The molecule has 0 bridgehead atoms. The molecule has 0 saturated heterocycles. The molecular weight excluding hydrogens is 246 g/mol. The van der Waals surface area contributed by atoms with E-state index in [4.69, 9.17) is 5.14 Å². The molecule has 0 amide bonds. The lowest BCUT2D eigenvalue weighted by molar-refractivity contribution is 0.379. The minimum Gasteiger partial charge on any atom is -0.228 e. The molecule has 100 valence electrons. The van der Waals surface area contributed by atoms with Crippen molar-refractivity contribution in [2.75, 3.05) is 0 Å². The highest BCUT2D eigenvalue weighted by molar-refractivity contribution is 7.90. The van der Waals surface area contributed by atoms with E-state index in [1.54, 1.807) is 18.2 Å². The normalized spacial score (nSPS) is 27.7. The van der Waals surface area contributed by atoms with Gasteiger partial charge in [-0.25, -0.2) is 13.6 Å². The summed E-state index contributed by atoms with van der Waals surface area (Å²) in [5, 5.41) is 4.65. The van der Waals surface area contributed by atoms with Crippen LogP contribution in [0.2, 0.25) is 0 Å². The molecule has 1 aliphatic rings. The van der Waals surface area contributed by atoms with Gasteiger partial charge in [0.2, 0.25) is 10.0 Å². The van der Waals surface area contributed by atoms with Crippen LogP contribution in [-0.2, 0) is 10.0 Å². The molecule has 2 atom stereocenters. The van der Waals surface area contributed by atoms with Crippen LogP contribution >= 0.6 is 0 Å². The van der Waals surface area contributed by atoms with Crippen molar-refractivity contribution in [1.29, 1.82) is 0 Å². The quantitative estimate of drug-likeness (QED) is 0.778. The molecular formula is C14H21NO2S. The van der Waals surface area contributed by atoms with Crippen LogP contribution in [0.3, 0.4) is 0 Å². The highest BCUT2D eigenvalue weighted by Gasteiger charge is 2.42. The van der Waals surface area contributed by atoms with Crippen molar-refractivity contribution < 1.29 is 8.42 Å². The Labute approximate surface area is 110 Å². The van der Waals surface area contributed by atoms with Crippen molar-refractivity contribution in [3.05, 3.63) is 48.6 Å². The van der Waals surface area contributed by atoms with Gasteiger partial charge in [-0.05, 0) is 26.7 Å². The van der Waals surface area contributed by atoms with Gasteiger partial charge in [0.05, 0.1) is 0 Å². The van der Waals surface area contributed by atoms with E-state index in [9.17, 15) is 8.42 Å². The molecule has 4 heteroatoms. The Morgan fingerprint density at radius 1 is 1.61 bits per heavy atom. The first kappa shape index (κ1) is 14.9. The monoisotopic (exact) mass is 267 g/mol. The maximum atomic E-state index is 11.8. The number of rotatable bonds is 5. The van der Waals surface area contributed by atoms with E-state index >= 15 is 0 Å². The summed E-state index contributed by atoms with van der Waals surface area (Å²) >= 11 is 0. The first-order valence-corrected chi connectivity index (χ1v) is 7.47. The van der Waals surface area contributed by atoms with Crippen LogP contribution in [0.25, 0.3) is 0 Å². The van der Waals surface area contributed by atoms with Gasteiger partial charge in [0.1, 0.15) is 5.25 Å². The van der Waals surface area contributed by atoms with E-state index in [-0.39, 0.29) is 0 Å². The Morgan fingerprint density at radius 2 is 2.22 bits per heavy atom. The second-order valence-electron chi connectivity index (χ2n) is 5.12. The Hall–Kier alpha value is -1.13. The van der Waals surface area contributed by atoms with Gasteiger partial charge >= 0.3 is 0 Å². The summed E-state index contributed by atoms with van der Waals surface area (Å²) in [6.45, 7) is 11.5. The molecule has 0 aromatic carbocycles. The van der Waals surface area contributed by atoms with Crippen LogP contribution in [0, 0.1) is 5.41 Å². The fourth-order valence-electron chi connectivity index (χ4n) is 2.68. The predicted molar refractivity (Wildman–Crippen MR) is 76.5 cm³/mol. The Balaban J connectivity index is 3.35. The van der Waals surface area contributed by atoms with Crippen LogP contribution in [-0.4, -0.2) is 13.7 Å². The molecule has 1 rings (SSSR count). The van der Waals surface area contributed by atoms with Gasteiger partial charge in [0.25, 0.3) is 0 Å². The predicted octanol–water partition coefficient (Wildman–Crippen LogP) is 2.69. The zero-order valence-corrected chi connectivity index (χ0v) is 11.8. The highest BCUT2D eigenvalue weighted by Crippen LogP contribution is 2.42. The lowest BCUT2D eigenvalue weighted by Crippen LogP contribution is -2.43. The van der Waals surface area contributed by atoms with Crippen LogP contribution in [0.1, 0.15) is 26.7 Å². The molecule has 3 nitrogen and oxygen atoms in total.